The molecule has 2 rings (SSSR count). The van der Waals surface area contributed by atoms with E-state index in [1.165, 1.54) is 20.1 Å². The number of ether oxygens (including phenoxy) is 1. The highest BCUT2D eigenvalue weighted by molar-refractivity contribution is 5.93. The van der Waals surface area contributed by atoms with Gasteiger partial charge in [-0.25, -0.2) is 9.18 Å². The van der Waals surface area contributed by atoms with Crippen LogP contribution in [-0.2, 0) is 11.3 Å². The Hall–Kier alpha value is -3.09. The Labute approximate surface area is 145 Å². The van der Waals surface area contributed by atoms with Gasteiger partial charge in [-0.05, 0) is 36.2 Å². The zero-order chi connectivity index (χ0) is 18.4. The van der Waals surface area contributed by atoms with Crippen molar-refractivity contribution in [3.63, 3.8) is 0 Å². The summed E-state index contributed by atoms with van der Waals surface area (Å²) >= 11 is 0. The SMILES string of the molecule is COc1cc(NC(=O)NCc2ccc(F)c(C)c2)ccc1NC(C)=O. The third kappa shape index (κ3) is 5.20. The molecule has 0 radical (unpaired) electrons. The summed E-state index contributed by atoms with van der Waals surface area (Å²) in [5.74, 6) is -0.0620. The van der Waals surface area contributed by atoms with Gasteiger partial charge in [-0.1, -0.05) is 12.1 Å². The normalized spacial score (nSPS) is 10.1. The molecule has 0 saturated heterocycles. The largest absolute Gasteiger partial charge is 0.494 e. The predicted molar refractivity (Wildman–Crippen MR) is 94.3 cm³/mol. The summed E-state index contributed by atoms with van der Waals surface area (Å²) in [5, 5.41) is 8.01. The van der Waals surface area contributed by atoms with Crippen molar-refractivity contribution < 1.29 is 18.7 Å². The third-order valence-electron chi connectivity index (χ3n) is 3.45. The van der Waals surface area contributed by atoms with Gasteiger partial charge in [-0.3, -0.25) is 4.79 Å². The maximum Gasteiger partial charge on any atom is 0.319 e. The van der Waals surface area contributed by atoms with E-state index in [9.17, 15) is 14.0 Å². The lowest BCUT2D eigenvalue weighted by Crippen LogP contribution is -2.28. The van der Waals surface area contributed by atoms with Crippen LogP contribution in [0.25, 0.3) is 0 Å². The number of nitrogens with one attached hydrogen (secondary N) is 3. The van der Waals surface area contributed by atoms with Gasteiger partial charge in [-0.2, -0.15) is 0 Å². The molecule has 0 aliphatic rings. The number of carbonyl (C=O) groups is 2. The predicted octanol–water partition coefficient (Wildman–Crippen LogP) is 3.42. The molecular formula is C18H20FN3O3. The van der Waals surface area contributed by atoms with E-state index in [1.54, 1.807) is 37.3 Å². The summed E-state index contributed by atoms with van der Waals surface area (Å²) < 4.78 is 18.4. The van der Waals surface area contributed by atoms with Crippen LogP contribution in [0.2, 0.25) is 0 Å². The Morgan fingerprint density at radius 3 is 2.52 bits per heavy atom. The summed E-state index contributed by atoms with van der Waals surface area (Å²) in [6.45, 7) is 3.34. The van der Waals surface area contributed by atoms with Crippen molar-refractivity contribution in [2.45, 2.75) is 20.4 Å². The number of benzene rings is 2. The summed E-state index contributed by atoms with van der Waals surface area (Å²) in [6.07, 6.45) is 0. The molecule has 0 spiro atoms. The molecule has 0 saturated carbocycles. The first-order valence-electron chi connectivity index (χ1n) is 7.64. The molecule has 0 aromatic heterocycles. The van der Waals surface area contributed by atoms with E-state index in [2.05, 4.69) is 16.0 Å². The molecule has 0 bridgehead atoms. The van der Waals surface area contributed by atoms with Crippen LogP contribution in [0.5, 0.6) is 5.75 Å². The molecule has 3 amide bonds. The Balaban J connectivity index is 1.97. The number of hydrogen-bond acceptors (Lipinski definition) is 3. The summed E-state index contributed by atoms with van der Waals surface area (Å²) in [4.78, 5) is 23.1. The van der Waals surface area contributed by atoms with E-state index in [4.69, 9.17) is 4.74 Å². The van der Waals surface area contributed by atoms with Gasteiger partial charge < -0.3 is 20.7 Å². The molecule has 25 heavy (non-hydrogen) atoms. The molecular weight excluding hydrogens is 325 g/mol. The highest BCUT2D eigenvalue weighted by Crippen LogP contribution is 2.27. The van der Waals surface area contributed by atoms with Crippen LogP contribution in [0.1, 0.15) is 18.1 Å². The molecule has 0 aliphatic carbocycles. The fourth-order valence-electron chi connectivity index (χ4n) is 2.24. The molecule has 0 atom stereocenters. The molecule has 6 nitrogen and oxygen atoms in total. The molecule has 132 valence electrons. The van der Waals surface area contributed by atoms with Gasteiger partial charge in [0.15, 0.2) is 0 Å². The molecule has 3 N–H and O–H groups in total. The highest BCUT2D eigenvalue weighted by atomic mass is 19.1. The van der Waals surface area contributed by atoms with Crippen molar-refractivity contribution in [1.29, 1.82) is 0 Å². The fraction of sp³-hybridized carbons (Fsp3) is 0.222. The number of anilines is 2. The maximum absolute atomic E-state index is 13.2. The quantitative estimate of drug-likeness (QED) is 0.777. The zero-order valence-corrected chi connectivity index (χ0v) is 14.3. The first-order chi connectivity index (χ1) is 11.9. The summed E-state index contributed by atoms with van der Waals surface area (Å²) in [7, 11) is 1.47. The average molecular weight is 345 g/mol. The Morgan fingerprint density at radius 1 is 1.12 bits per heavy atom. The topological polar surface area (TPSA) is 79.5 Å². The number of rotatable bonds is 5. The third-order valence-corrected chi connectivity index (χ3v) is 3.45. The van der Waals surface area contributed by atoms with Crippen molar-refractivity contribution in [2.24, 2.45) is 0 Å². The first kappa shape index (κ1) is 18.3. The van der Waals surface area contributed by atoms with E-state index >= 15 is 0 Å². The molecule has 2 aromatic carbocycles. The molecule has 0 aliphatic heterocycles. The molecule has 0 unspecified atom stereocenters. The molecule has 0 fully saturated rings. The van der Waals surface area contributed by atoms with Gasteiger partial charge in [0.25, 0.3) is 0 Å². The second-order valence-corrected chi connectivity index (χ2v) is 5.49. The number of carbonyl (C=O) groups excluding carboxylic acids is 2. The number of amides is 3. The van der Waals surface area contributed by atoms with Crippen molar-refractivity contribution in [1.82, 2.24) is 5.32 Å². The molecule has 2 aromatic rings. The van der Waals surface area contributed by atoms with Crippen LogP contribution in [-0.4, -0.2) is 19.0 Å². The van der Waals surface area contributed by atoms with E-state index in [-0.39, 0.29) is 18.3 Å². The standard InChI is InChI=1S/C18H20FN3O3/c1-11-8-13(4-6-15(11)19)10-20-18(24)22-14-5-7-16(21-12(2)23)17(9-14)25-3/h4-9H,10H2,1-3H3,(H,21,23)(H2,20,22,24). The van der Waals surface area contributed by atoms with Gasteiger partial charge in [-0.15, -0.1) is 0 Å². The lowest BCUT2D eigenvalue weighted by atomic mass is 10.1. The van der Waals surface area contributed by atoms with E-state index < -0.39 is 6.03 Å². The van der Waals surface area contributed by atoms with Crippen LogP contribution in [0.4, 0.5) is 20.6 Å². The van der Waals surface area contributed by atoms with Crippen molar-refractivity contribution in [3.8, 4) is 5.75 Å². The first-order valence-corrected chi connectivity index (χ1v) is 7.64. The van der Waals surface area contributed by atoms with Crippen molar-refractivity contribution in [3.05, 3.63) is 53.3 Å². The highest BCUT2D eigenvalue weighted by Gasteiger charge is 2.08. The van der Waals surface area contributed by atoms with Crippen LogP contribution < -0.4 is 20.7 Å². The van der Waals surface area contributed by atoms with Gasteiger partial charge in [0.2, 0.25) is 5.91 Å². The molecule has 7 heteroatoms. The second kappa shape index (κ2) is 8.14. The monoisotopic (exact) mass is 345 g/mol. The van der Waals surface area contributed by atoms with Gasteiger partial charge >= 0.3 is 6.03 Å². The van der Waals surface area contributed by atoms with Crippen molar-refractivity contribution >= 4 is 23.3 Å². The number of methoxy groups -OCH3 is 1. The average Bonchev–Trinajstić information content (AvgIpc) is 2.57. The van der Waals surface area contributed by atoms with Gasteiger partial charge in [0.1, 0.15) is 11.6 Å². The Bertz CT molecular complexity index is 793. The number of halogens is 1. The Kier molecular flexibility index (Phi) is 5.94. The van der Waals surface area contributed by atoms with Crippen molar-refractivity contribution in [2.75, 3.05) is 17.7 Å². The van der Waals surface area contributed by atoms with Crippen LogP contribution in [0, 0.1) is 12.7 Å². The maximum atomic E-state index is 13.2. The minimum atomic E-state index is -0.406. The minimum absolute atomic E-state index is 0.216. The van der Waals surface area contributed by atoms with E-state index in [0.29, 0.717) is 22.7 Å². The van der Waals surface area contributed by atoms with E-state index in [1.807, 2.05) is 0 Å². The lowest BCUT2D eigenvalue weighted by Gasteiger charge is -2.12. The number of urea groups is 1. The smallest absolute Gasteiger partial charge is 0.319 e. The second-order valence-electron chi connectivity index (χ2n) is 5.49. The van der Waals surface area contributed by atoms with Gasteiger partial charge in [0.05, 0.1) is 12.8 Å². The van der Waals surface area contributed by atoms with Gasteiger partial charge in [0, 0.05) is 25.2 Å². The van der Waals surface area contributed by atoms with Crippen LogP contribution in [0.3, 0.4) is 0 Å². The lowest BCUT2D eigenvalue weighted by molar-refractivity contribution is -0.114. The zero-order valence-electron chi connectivity index (χ0n) is 14.3. The minimum Gasteiger partial charge on any atom is -0.494 e. The summed E-state index contributed by atoms with van der Waals surface area (Å²) in [6, 6.07) is 9.16. The van der Waals surface area contributed by atoms with Crippen LogP contribution in [0.15, 0.2) is 36.4 Å². The number of aryl methyl sites for hydroxylation is 1. The van der Waals surface area contributed by atoms with E-state index in [0.717, 1.165) is 5.56 Å². The van der Waals surface area contributed by atoms with Crippen LogP contribution >= 0.6 is 0 Å². The molecule has 0 heterocycles. The Morgan fingerprint density at radius 2 is 1.88 bits per heavy atom. The summed E-state index contributed by atoms with van der Waals surface area (Å²) in [5.41, 5.74) is 2.35. The fourth-order valence-corrected chi connectivity index (χ4v) is 2.24. The number of hydrogen-bond donors (Lipinski definition) is 3.